The molecule has 1 aromatic heterocycles. The molecule has 2 aromatic carbocycles. The van der Waals surface area contributed by atoms with Crippen molar-refractivity contribution in [3.63, 3.8) is 0 Å². The van der Waals surface area contributed by atoms with Crippen LogP contribution in [0.5, 0.6) is 5.75 Å². The lowest BCUT2D eigenvalue weighted by atomic mass is 10.2. The molecule has 0 aliphatic carbocycles. The fraction of sp³-hybridized carbons (Fsp3) is 0.333. The van der Waals surface area contributed by atoms with Crippen LogP contribution in [0, 0.1) is 0 Å². The molecule has 0 saturated carbocycles. The van der Waals surface area contributed by atoms with Gasteiger partial charge in [-0.25, -0.2) is 18.1 Å². The number of amides is 1. The number of para-hydroxylation sites is 1. The van der Waals surface area contributed by atoms with Crippen molar-refractivity contribution < 1.29 is 31.1 Å². The molecule has 1 amide bonds. The minimum Gasteiger partial charge on any atom is -0.406 e. The molecule has 12 heteroatoms. The molecule has 1 atom stereocenters. The summed E-state index contributed by atoms with van der Waals surface area (Å²) >= 11 is 1.55. The lowest BCUT2D eigenvalue weighted by Gasteiger charge is -2.23. The number of hydrogen-bond donors (Lipinski definition) is 1. The third-order valence-electron chi connectivity index (χ3n) is 5.17. The van der Waals surface area contributed by atoms with E-state index in [9.17, 15) is 26.4 Å². The number of thiazole rings is 1. The third kappa shape index (κ3) is 5.63. The van der Waals surface area contributed by atoms with Crippen LogP contribution in [-0.4, -0.2) is 43.7 Å². The Bertz CT molecular complexity index is 1210. The molecule has 1 aliphatic heterocycles. The van der Waals surface area contributed by atoms with Gasteiger partial charge in [0.25, 0.3) is 0 Å². The van der Waals surface area contributed by atoms with Crippen LogP contribution in [0.3, 0.4) is 0 Å². The molecule has 3 aromatic rings. The van der Waals surface area contributed by atoms with Gasteiger partial charge in [-0.1, -0.05) is 12.1 Å². The van der Waals surface area contributed by atoms with E-state index in [0.29, 0.717) is 6.54 Å². The molecule has 33 heavy (non-hydrogen) atoms. The van der Waals surface area contributed by atoms with E-state index in [0.717, 1.165) is 52.3 Å². The second-order valence-corrected chi connectivity index (χ2v) is 10.3. The van der Waals surface area contributed by atoms with E-state index < -0.39 is 22.1 Å². The first-order valence-corrected chi connectivity index (χ1v) is 12.4. The Morgan fingerprint density at radius 2 is 1.91 bits per heavy atom. The average molecular weight is 500 g/mol. The first kappa shape index (κ1) is 23.5. The summed E-state index contributed by atoms with van der Waals surface area (Å²) in [6, 6.07) is 11.5. The van der Waals surface area contributed by atoms with Crippen LogP contribution in [0.1, 0.15) is 30.3 Å². The van der Waals surface area contributed by atoms with Crippen molar-refractivity contribution in [1.82, 2.24) is 14.6 Å². The van der Waals surface area contributed by atoms with E-state index in [-0.39, 0.29) is 29.8 Å². The number of halogens is 3. The highest BCUT2D eigenvalue weighted by molar-refractivity contribution is 7.89. The number of hydrogen-bond acceptors (Lipinski definition) is 6. The van der Waals surface area contributed by atoms with Crippen molar-refractivity contribution in [2.75, 3.05) is 13.1 Å². The molecule has 176 valence electrons. The van der Waals surface area contributed by atoms with E-state index in [2.05, 4.69) is 14.4 Å². The van der Waals surface area contributed by atoms with Crippen molar-refractivity contribution in [3.8, 4) is 5.75 Å². The molecule has 1 aliphatic rings. The Kier molecular flexibility index (Phi) is 6.59. The molecule has 0 radical (unpaired) electrons. The molecule has 1 N–H and O–H groups in total. The van der Waals surface area contributed by atoms with Gasteiger partial charge in [0.15, 0.2) is 0 Å². The Hall–Kier alpha value is -2.70. The van der Waals surface area contributed by atoms with Crippen LogP contribution in [0.2, 0.25) is 0 Å². The largest absolute Gasteiger partial charge is 0.573 e. The number of likely N-dealkylation sites (tertiary alicyclic amines) is 1. The summed E-state index contributed by atoms with van der Waals surface area (Å²) in [4.78, 5) is 18.9. The van der Waals surface area contributed by atoms with Gasteiger partial charge < -0.3 is 9.64 Å². The number of benzene rings is 2. The SMILES string of the molecule is O=C(CCNS(=O)(=O)c1ccc(OC(F)(F)F)cc1)N1CCC[C@H]1c1nc2ccccc2s1. The monoisotopic (exact) mass is 499 g/mol. The number of nitrogens with one attached hydrogen (secondary N) is 1. The van der Waals surface area contributed by atoms with Crippen LogP contribution in [0.15, 0.2) is 53.4 Å². The predicted molar refractivity (Wildman–Crippen MR) is 116 cm³/mol. The highest BCUT2D eigenvalue weighted by atomic mass is 32.2. The van der Waals surface area contributed by atoms with Crippen molar-refractivity contribution >= 4 is 37.5 Å². The standard InChI is InChI=1S/C21H20F3N3O4S2/c22-21(23,24)31-14-7-9-15(10-8-14)33(29,30)25-12-11-19(28)27-13-3-5-17(27)20-26-16-4-1-2-6-18(16)32-20/h1-2,4,6-10,17,25H,3,5,11-13H2/t17-/m0/s1. The topological polar surface area (TPSA) is 88.6 Å². The van der Waals surface area contributed by atoms with E-state index in [1.54, 1.807) is 16.2 Å². The zero-order valence-electron chi connectivity index (χ0n) is 17.2. The molecular weight excluding hydrogens is 479 g/mol. The summed E-state index contributed by atoms with van der Waals surface area (Å²) in [5.41, 5.74) is 0.885. The maximum atomic E-state index is 12.8. The summed E-state index contributed by atoms with van der Waals surface area (Å²) < 4.78 is 68.7. The highest BCUT2D eigenvalue weighted by Crippen LogP contribution is 2.36. The molecule has 0 spiro atoms. The van der Waals surface area contributed by atoms with Gasteiger partial charge in [0.05, 0.1) is 21.2 Å². The number of sulfonamides is 1. The lowest BCUT2D eigenvalue weighted by molar-refractivity contribution is -0.274. The van der Waals surface area contributed by atoms with Crippen molar-refractivity contribution in [1.29, 1.82) is 0 Å². The van der Waals surface area contributed by atoms with Crippen LogP contribution >= 0.6 is 11.3 Å². The Morgan fingerprint density at radius 1 is 1.18 bits per heavy atom. The summed E-state index contributed by atoms with van der Waals surface area (Å²) in [6.07, 6.45) is -3.28. The van der Waals surface area contributed by atoms with E-state index >= 15 is 0 Å². The maximum absolute atomic E-state index is 12.8. The number of nitrogens with zero attached hydrogens (tertiary/aromatic N) is 2. The number of carbonyl (C=O) groups is 1. The van der Waals surface area contributed by atoms with Gasteiger partial charge in [0, 0.05) is 19.5 Å². The molecule has 2 heterocycles. The average Bonchev–Trinajstić information content (AvgIpc) is 3.39. The lowest BCUT2D eigenvalue weighted by Crippen LogP contribution is -2.34. The van der Waals surface area contributed by atoms with Crippen LogP contribution < -0.4 is 9.46 Å². The Labute approximate surface area is 192 Å². The first-order valence-electron chi connectivity index (χ1n) is 10.1. The van der Waals surface area contributed by atoms with E-state index in [1.807, 2.05) is 24.3 Å². The smallest absolute Gasteiger partial charge is 0.406 e. The first-order chi connectivity index (χ1) is 15.6. The van der Waals surface area contributed by atoms with Gasteiger partial charge in [-0.3, -0.25) is 4.79 Å². The van der Waals surface area contributed by atoms with Gasteiger partial charge in [0.2, 0.25) is 15.9 Å². The molecule has 0 bridgehead atoms. The fourth-order valence-electron chi connectivity index (χ4n) is 3.69. The summed E-state index contributed by atoms with van der Waals surface area (Å²) in [7, 11) is -3.99. The van der Waals surface area contributed by atoms with Gasteiger partial charge in [0.1, 0.15) is 10.8 Å². The minimum atomic E-state index is -4.86. The second kappa shape index (κ2) is 9.27. The zero-order chi connectivity index (χ0) is 23.6. The van der Waals surface area contributed by atoms with E-state index in [1.165, 1.54) is 0 Å². The second-order valence-electron chi connectivity index (χ2n) is 7.43. The molecular formula is C21H20F3N3O4S2. The van der Waals surface area contributed by atoms with Crippen molar-refractivity contribution in [2.24, 2.45) is 0 Å². The molecule has 1 fully saturated rings. The van der Waals surface area contributed by atoms with Crippen LogP contribution in [-0.2, 0) is 14.8 Å². The van der Waals surface area contributed by atoms with Gasteiger partial charge in [-0.15, -0.1) is 24.5 Å². The number of rotatable bonds is 7. The summed E-state index contributed by atoms with van der Waals surface area (Å²) in [6.45, 7) is 0.442. The Balaban J connectivity index is 1.35. The minimum absolute atomic E-state index is 0.0457. The molecule has 7 nitrogen and oxygen atoms in total. The quantitative estimate of drug-likeness (QED) is 0.526. The molecule has 0 unspecified atom stereocenters. The van der Waals surface area contributed by atoms with Crippen molar-refractivity contribution in [2.45, 2.75) is 36.6 Å². The normalized spacial score (nSPS) is 16.9. The number of ether oxygens (including phenoxy) is 1. The predicted octanol–water partition coefficient (Wildman–Crippen LogP) is 4.23. The number of carbonyl (C=O) groups excluding carboxylic acids is 1. The van der Waals surface area contributed by atoms with Crippen LogP contribution in [0.25, 0.3) is 10.2 Å². The zero-order valence-corrected chi connectivity index (χ0v) is 18.8. The van der Waals surface area contributed by atoms with Crippen LogP contribution in [0.4, 0.5) is 13.2 Å². The van der Waals surface area contributed by atoms with Gasteiger partial charge in [-0.2, -0.15) is 0 Å². The number of fused-ring (bicyclic) bond motifs is 1. The number of alkyl halides is 3. The highest BCUT2D eigenvalue weighted by Gasteiger charge is 2.32. The van der Waals surface area contributed by atoms with Crippen molar-refractivity contribution in [3.05, 3.63) is 53.5 Å². The van der Waals surface area contributed by atoms with E-state index in [4.69, 9.17) is 0 Å². The van der Waals surface area contributed by atoms with Gasteiger partial charge >= 0.3 is 6.36 Å². The summed E-state index contributed by atoms with van der Waals surface area (Å²) in [5.74, 6) is -0.708. The molecule has 4 rings (SSSR count). The molecule has 1 saturated heterocycles. The fourth-order valence-corrected chi connectivity index (χ4v) is 5.84. The summed E-state index contributed by atoms with van der Waals surface area (Å²) in [5, 5.41) is 0.865. The maximum Gasteiger partial charge on any atom is 0.573 e. The Morgan fingerprint density at radius 3 is 2.61 bits per heavy atom. The third-order valence-corrected chi connectivity index (χ3v) is 7.78. The number of aromatic nitrogens is 1. The van der Waals surface area contributed by atoms with Gasteiger partial charge in [-0.05, 0) is 49.2 Å².